The Bertz CT molecular complexity index is 551. The Morgan fingerprint density at radius 1 is 1.39 bits per heavy atom. The Morgan fingerprint density at radius 3 is 2.67 bits per heavy atom. The molecule has 94 valence electrons. The minimum absolute atomic E-state index is 0.0228. The summed E-state index contributed by atoms with van der Waals surface area (Å²) < 4.78 is 13.5. The van der Waals surface area contributed by atoms with Gasteiger partial charge in [0.05, 0.1) is 11.3 Å². The molecule has 1 amide bonds. The predicted molar refractivity (Wildman–Crippen MR) is 61.8 cm³/mol. The van der Waals surface area contributed by atoms with Gasteiger partial charge in [0.2, 0.25) is 5.91 Å². The summed E-state index contributed by atoms with van der Waals surface area (Å²) in [6, 6.07) is 3.38. The van der Waals surface area contributed by atoms with Crippen LogP contribution < -0.4 is 5.32 Å². The molecule has 0 aromatic heterocycles. The van der Waals surface area contributed by atoms with E-state index in [9.17, 15) is 14.0 Å². The fourth-order valence-electron chi connectivity index (χ4n) is 2.41. The van der Waals surface area contributed by atoms with E-state index >= 15 is 0 Å². The molecule has 1 unspecified atom stereocenters. The maximum Gasteiger partial charge on any atom is 0.335 e. The van der Waals surface area contributed by atoms with E-state index in [1.54, 1.807) is 0 Å². The zero-order valence-electron chi connectivity index (χ0n) is 9.57. The molecule has 2 fully saturated rings. The third-order valence-corrected chi connectivity index (χ3v) is 3.87. The smallest absolute Gasteiger partial charge is 0.335 e. The molecule has 1 aromatic carbocycles. The maximum atomic E-state index is 13.5. The number of carbonyl (C=O) groups is 2. The van der Waals surface area contributed by atoms with E-state index in [0.717, 1.165) is 31.4 Å². The average molecular weight is 249 g/mol. The van der Waals surface area contributed by atoms with Crippen LogP contribution in [0, 0.1) is 17.2 Å². The Balaban J connectivity index is 1.77. The highest BCUT2D eigenvalue weighted by Gasteiger charge is 2.65. The van der Waals surface area contributed by atoms with Crippen molar-refractivity contribution < 1.29 is 19.1 Å². The first kappa shape index (κ1) is 11.2. The highest BCUT2D eigenvalue weighted by molar-refractivity contribution is 5.97. The summed E-state index contributed by atoms with van der Waals surface area (Å²) in [4.78, 5) is 22.6. The highest BCUT2D eigenvalue weighted by atomic mass is 19.1. The zero-order valence-corrected chi connectivity index (χ0v) is 9.57. The molecule has 0 saturated heterocycles. The van der Waals surface area contributed by atoms with Crippen molar-refractivity contribution in [3.05, 3.63) is 29.6 Å². The second kappa shape index (κ2) is 3.54. The lowest BCUT2D eigenvalue weighted by Crippen LogP contribution is -2.16. The van der Waals surface area contributed by atoms with Crippen LogP contribution in [-0.2, 0) is 4.79 Å². The van der Waals surface area contributed by atoms with E-state index in [1.807, 2.05) is 0 Å². The topological polar surface area (TPSA) is 66.4 Å². The van der Waals surface area contributed by atoms with Crippen LogP contribution in [0.1, 0.15) is 29.6 Å². The van der Waals surface area contributed by atoms with Crippen LogP contribution in [0.3, 0.4) is 0 Å². The van der Waals surface area contributed by atoms with Gasteiger partial charge in [-0.25, -0.2) is 9.18 Å². The number of halogens is 1. The predicted octanol–water partition coefficient (Wildman–Crippen LogP) is 2.26. The van der Waals surface area contributed by atoms with Crippen LogP contribution in [0.2, 0.25) is 0 Å². The summed E-state index contributed by atoms with van der Waals surface area (Å²) in [7, 11) is 0. The molecule has 0 heterocycles. The molecule has 1 atom stereocenters. The normalized spacial score (nSPS) is 22.6. The molecule has 1 spiro atoms. The summed E-state index contributed by atoms with van der Waals surface area (Å²) >= 11 is 0. The number of nitrogens with one attached hydrogen (secondary N) is 1. The number of carboxylic acid groups (broad SMARTS) is 1. The fraction of sp³-hybridized carbons (Fsp3) is 0.385. The molecular formula is C13H12FNO3. The Morgan fingerprint density at radius 2 is 2.11 bits per heavy atom. The van der Waals surface area contributed by atoms with Crippen LogP contribution >= 0.6 is 0 Å². The van der Waals surface area contributed by atoms with Gasteiger partial charge in [0, 0.05) is 5.92 Å². The van der Waals surface area contributed by atoms with Crippen molar-refractivity contribution in [2.75, 3.05) is 5.32 Å². The zero-order chi connectivity index (χ0) is 12.9. The van der Waals surface area contributed by atoms with Crippen molar-refractivity contribution >= 4 is 17.6 Å². The minimum atomic E-state index is -1.14. The lowest BCUT2D eigenvalue weighted by molar-refractivity contribution is -0.117. The van der Waals surface area contributed by atoms with Crippen molar-refractivity contribution in [2.45, 2.75) is 19.3 Å². The average Bonchev–Trinajstić information content (AvgIpc) is 3.22. The molecule has 1 aromatic rings. The van der Waals surface area contributed by atoms with Gasteiger partial charge >= 0.3 is 5.97 Å². The molecule has 0 bridgehead atoms. The van der Waals surface area contributed by atoms with Crippen molar-refractivity contribution in [3.63, 3.8) is 0 Å². The number of anilines is 1. The standard InChI is InChI=1S/C13H12FNO3/c14-9-2-1-7(12(17)18)5-10(9)15-11(16)8-6-13(8)3-4-13/h1-2,5,8H,3-4,6H2,(H,15,16)(H,17,18). The van der Waals surface area contributed by atoms with E-state index in [0.29, 0.717) is 0 Å². The van der Waals surface area contributed by atoms with Crippen molar-refractivity contribution in [2.24, 2.45) is 11.3 Å². The number of rotatable bonds is 3. The van der Waals surface area contributed by atoms with Crippen molar-refractivity contribution in [1.29, 1.82) is 0 Å². The SMILES string of the molecule is O=C(O)c1ccc(F)c(NC(=O)C2CC23CC3)c1. The summed E-state index contributed by atoms with van der Waals surface area (Å²) in [5.74, 6) is -1.98. The van der Waals surface area contributed by atoms with E-state index in [-0.39, 0.29) is 28.5 Å². The molecule has 5 heteroatoms. The van der Waals surface area contributed by atoms with Gasteiger partial charge < -0.3 is 10.4 Å². The summed E-state index contributed by atoms with van der Waals surface area (Å²) in [6.07, 6.45) is 3.02. The summed E-state index contributed by atoms with van der Waals surface area (Å²) in [5, 5.41) is 11.3. The van der Waals surface area contributed by atoms with Crippen LogP contribution in [0.15, 0.2) is 18.2 Å². The number of hydrogen-bond acceptors (Lipinski definition) is 2. The Hall–Kier alpha value is -1.91. The monoisotopic (exact) mass is 249 g/mol. The number of amides is 1. The van der Waals surface area contributed by atoms with Crippen LogP contribution in [0.4, 0.5) is 10.1 Å². The first-order valence-corrected chi connectivity index (χ1v) is 5.86. The van der Waals surface area contributed by atoms with Gasteiger partial charge in [0.25, 0.3) is 0 Å². The third kappa shape index (κ3) is 1.75. The lowest BCUT2D eigenvalue weighted by Gasteiger charge is -2.07. The van der Waals surface area contributed by atoms with Gasteiger partial charge in [0.1, 0.15) is 5.82 Å². The summed E-state index contributed by atoms with van der Waals surface area (Å²) in [6.45, 7) is 0. The quantitative estimate of drug-likeness (QED) is 0.863. The minimum Gasteiger partial charge on any atom is -0.478 e. The molecule has 3 rings (SSSR count). The fourth-order valence-corrected chi connectivity index (χ4v) is 2.41. The van der Waals surface area contributed by atoms with Gasteiger partial charge in [-0.1, -0.05) is 0 Å². The molecule has 2 saturated carbocycles. The molecular weight excluding hydrogens is 237 g/mol. The number of hydrogen-bond donors (Lipinski definition) is 2. The molecule has 2 aliphatic carbocycles. The van der Waals surface area contributed by atoms with Gasteiger partial charge in [-0.2, -0.15) is 0 Å². The number of carboxylic acids is 1. The summed E-state index contributed by atoms with van der Waals surface area (Å²) in [5.41, 5.74) is 0.108. The molecule has 18 heavy (non-hydrogen) atoms. The first-order chi connectivity index (χ1) is 8.52. The first-order valence-electron chi connectivity index (χ1n) is 5.86. The maximum absolute atomic E-state index is 13.5. The van der Waals surface area contributed by atoms with E-state index in [1.165, 1.54) is 6.07 Å². The largest absolute Gasteiger partial charge is 0.478 e. The van der Waals surface area contributed by atoms with Gasteiger partial charge in [-0.05, 0) is 42.9 Å². The molecule has 0 aliphatic heterocycles. The van der Waals surface area contributed by atoms with Gasteiger partial charge in [-0.3, -0.25) is 4.79 Å². The van der Waals surface area contributed by atoms with Crippen LogP contribution in [-0.4, -0.2) is 17.0 Å². The van der Waals surface area contributed by atoms with Crippen LogP contribution in [0.5, 0.6) is 0 Å². The van der Waals surface area contributed by atoms with Crippen molar-refractivity contribution in [3.8, 4) is 0 Å². The number of carbonyl (C=O) groups excluding carboxylic acids is 1. The lowest BCUT2D eigenvalue weighted by atomic mass is 10.2. The Kier molecular flexibility index (Phi) is 2.20. The second-order valence-corrected chi connectivity index (χ2v) is 5.11. The van der Waals surface area contributed by atoms with E-state index in [4.69, 9.17) is 5.11 Å². The Labute approximate surface area is 103 Å². The highest BCUT2D eigenvalue weighted by Crippen LogP contribution is 2.70. The molecule has 2 aliphatic rings. The number of benzene rings is 1. The van der Waals surface area contributed by atoms with Crippen LogP contribution in [0.25, 0.3) is 0 Å². The van der Waals surface area contributed by atoms with E-state index in [2.05, 4.69) is 5.32 Å². The molecule has 4 nitrogen and oxygen atoms in total. The van der Waals surface area contributed by atoms with Gasteiger partial charge in [0.15, 0.2) is 0 Å². The van der Waals surface area contributed by atoms with E-state index < -0.39 is 11.8 Å². The molecule has 0 radical (unpaired) electrons. The van der Waals surface area contributed by atoms with Crippen molar-refractivity contribution in [1.82, 2.24) is 0 Å². The third-order valence-electron chi connectivity index (χ3n) is 3.87. The second-order valence-electron chi connectivity index (χ2n) is 5.11. The number of aromatic carboxylic acids is 1. The van der Waals surface area contributed by atoms with Gasteiger partial charge in [-0.15, -0.1) is 0 Å². The molecule has 2 N–H and O–H groups in total.